The molecule has 3 unspecified atom stereocenters. The standard InChI is InChI=1S/C17H31N3O/c1-3-20(16-10-14-8-9-15(11-16)18-14)12(2)17(21)19-13-6-4-5-7-13/h12-16,18H,3-11H2,1-2H3,(H,19,21). The van der Waals surface area contributed by atoms with Crippen molar-refractivity contribution < 1.29 is 4.79 Å². The number of hydrogen-bond donors (Lipinski definition) is 2. The highest BCUT2D eigenvalue weighted by Gasteiger charge is 2.38. The molecule has 2 N–H and O–H groups in total. The van der Waals surface area contributed by atoms with Crippen molar-refractivity contribution in [3.8, 4) is 0 Å². The van der Waals surface area contributed by atoms with E-state index in [1.807, 2.05) is 0 Å². The van der Waals surface area contributed by atoms with Gasteiger partial charge in [-0.3, -0.25) is 9.69 Å². The molecule has 0 radical (unpaired) electrons. The SMILES string of the molecule is CCN(C1CC2CCC(C1)N2)C(C)C(=O)NC1CCCC1. The first-order valence-corrected chi connectivity index (χ1v) is 8.99. The second kappa shape index (κ2) is 6.66. The third-order valence-corrected chi connectivity index (χ3v) is 5.86. The first-order valence-electron chi connectivity index (χ1n) is 8.99. The third-order valence-electron chi connectivity index (χ3n) is 5.86. The number of likely N-dealkylation sites (N-methyl/N-ethyl adjacent to an activating group) is 1. The lowest BCUT2D eigenvalue weighted by atomic mass is 9.96. The van der Waals surface area contributed by atoms with Crippen LogP contribution in [-0.4, -0.2) is 47.6 Å². The van der Waals surface area contributed by atoms with Crippen molar-refractivity contribution in [2.75, 3.05) is 6.54 Å². The minimum atomic E-state index is 0.0121. The number of carbonyl (C=O) groups excluding carboxylic acids is 1. The van der Waals surface area contributed by atoms with Crippen LogP contribution in [0.4, 0.5) is 0 Å². The maximum Gasteiger partial charge on any atom is 0.237 e. The number of rotatable bonds is 5. The summed E-state index contributed by atoms with van der Waals surface area (Å²) in [7, 11) is 0. The zero-order valence-corrected chi connectivity index (χ0v) is 13.6. The van der Waals surface area contributed by atoms with Gasteiger partial charge < -0.3 is 10.6 Å². The number of piperidine rings is 1. The highest BCUT2D eigenvalue weighted by atomic mass is 16.2. The lowest BCUT2D eigenvalue weighted by Crippen LogP contribution is -2.55. The Labute approximate surface area is 129 Å². The molecule has 0 aromatic rings. The van der Waals surface area contributed by atoms with E-state index >= 15 is 0 Å². The van der Waals surface area contributed by atoms with Gasteiger partial charge in [0.25, 0.3) is 0 Å². The Morgan fingerprint density at radius 1 is 1.19 bits per heavy atom. The average Bonchev–Trinajstić information content (AvgIpc) is 3.09. The van der Waals surface area contributed by atoms with Gasteiger partial charge in [-0.2, -0.15) is 0 Å². The molecule has 3 rings (SSSR count). The minimum Gasteiger partial charge on any atom is -0.352 e. The molecule has 3 fully saturated rings. The van der Waals surface area contributed by atoms with Crippen molar-refractivity contribution in [1.29, 1.82) is 0 Å². The van der Waals surface area contributed by atoms with E-state index in [4.69, 9.17) is 0 Å². The molecule has 2 bridgehead atoms. The van der Waals surface area contributed by atoms with E-state index in [1.165, 1.54) is 51.4 Å². The molecule has 0 spiro atoms. The number of nitrogens with zero attached hydrogens (tertiary/aromatic N) is 1. The van der Waals surface area contributed by atoms with Crippen LogP contribution in [-0.2, 0) is 4.79 Å². The van der Waals surface area contributed by atoms with Crippen LogP contribution >= 0.6 is 0 Å². The quantitative estimate of drug-likeness (QED) is 0.815. The van der Waals surface area contributed by atoms with Gasteiger partial charge in [-0.1, -0.05) is 19.8 Å². The van der Waals surface area contributed by atoms with Crippen LogP contribution in [0.2, 0.25) is 0 Å². The first-order chi connectivity index (χ1) is 10.2. The van der Waals surface area contributed by atoms with Gasteiger partial charge in [-0.05, 0) is 52.0 Å². The van der Waals surface area contributed by atoms with Crippen LogP contribution in [0.3, 0.4) is 0 Å². The van der Waals surface area contributed by atoms with Gasteiger partial charge in [0, 0.05) is 24.2 Å². The van der Waals surface area contributed by atoms with E-state index in [-0.39, 0.29) is 11.9 Å². The fraction of sp³-hybridized carbons (Fsp3) is 0.941. The van der Waals surface area contributed by atoms with E-state index in [0.717, 1.165) is 6.54 Å². The molecule has 3 aliphatic rings. The number of carbonyl (C=O) groups is 1. The predicted octanol–water partition coefficient (Wildman–Crippen LogP) is 2.04. The van der Waals surface area contributed by atoms with Gasteiger partial charge >= 0.3 is 0 Å². The van der Waals surface area contributed by atoms with Gasteiger partial charge in [-0.25, -0.2) is 0 Å². The molecule has 1 saturated carbocycles. The van der Waals surface area contributed by atoms with E-state index < -0.39 is 0 Å². The van der Waals surface area contributed by atoms with Crippen molar-refractivity contribution in [3.05, 3.63) is 0 Å². The Morgan fingerprint density at radius 2 is 1.81 bits per heavy atom. The summed E-state index contributed by atoms with van der Waals surface area (Å²) >= 11 is 0. The molecule has 120 valence electrons. The van der Waals surface area contributed by atoms with E-state index in [0.29, 0.717) is 24.2 Å². The van der Waals surface area contributed by atoms with Crippen LogP contribution in [0.15, 0.2) is 0 Å². The Kier molecular flexibility index (Phi) is 4.85. The zero-order chi connectivity index (χ0) is 14.8. The molecular weight excluding hydrogens is 262 g/mol. The van der Waals surface area contributed by atoms with Gasteiger partial charge in [0.05, 0.1) is 6.04 Å². The molecule has 2 heterocycles. The largest absolute Gasteiger partial charge is 0.352 e. The maximum atomic E-state index is 12.6. The van der Waals surface area contributed by atoms with E-state index in [1.54, 1.807) is 0 Å². The van der Waals surface area contributed by atoms with Gasteiger partial charge in [0.15, 0.2) is 0 Å². The highest BCUT2D eigenvalue weighted by molar-refractivity contribution is 5.81. The summed E-state index contributed by atoms with van der Waals surface area (Å²) < 4.78 is 0. The Hall–Kier alpha value is -0.610. The summed E-state index contributed by atoms with van der Waals surface area (Å²) in [5, 5.41) is 6.97. The monoisotopic (exact) mass is 293 g/mol. The van der Waals surface area contributed by atoms with Crippen molar-refractivity contribution >= 4 is 5.91 Å². The molecule has 1 aliphatic carbocycles. The topological polar surface area (TPSA) is 44.4 Å². The van der Waals surface area contributed by atoms with E-state index in [2.05, 4.69) is 29.4 Å². The molecule has 2 saturated heterocycles. The van der Waals surface area contributed by atoms with Crippen LogP contribution < -0.4 is 10.6 Å². The lowest BCUT2D eigenvalue weighted by Gasteiger charge is -2.40. The highest BCUT2D eigenvalue weighted by Crippen LogP contribution is 2.30. The minimum absolute atomic E-state index is 0.0121. The summed E-state index contributed by atoms with van der Waals surface area (Å²) in [5.74, 6) is 0.245. The molecule has 0 aromatic carbocycles. The van der Waals surface area contributed by atoms with E-state index in [9.17, 15) is 4.79 Å². The van der Waals surface area contributed by atoms with Gasteiger partial charge in [0.2, 0.25) is 5.91 Å². The molecular formula is C17H31N3O. The van der Waals surface area contributed by atoms with Crippen LogP contribution in [0.5, 0.6) is 0 Å². The van der Waals surface area contributed by atoms with Crippen molar-refractivity contribution in [2.24, 2.45) is 0 Å². The van der Waals surface area contributed by atoms with Crippen molar-refractivity contribution in [3.63, 3.8) is 0 Å². The molecule has 4 nitrogen and oxygen atoms in total. The fourth-order valence-corrected chi connectivity index (χ4v) is 4.69. The van der Waals surface area contributed by atoms with Crippen molar-refractivity contribution in [1.82, 2.24) is 15.5 Å². The Morgan fingerprint density at radius 3 is 2.38 bits per heavy atom. The molecule has 3 atom stereocenters. The van der Waals surface area contributed by atoms with Crippen LogP contribution in [0.1, 0.15) is 65.2 Å². The summed E-state index contributed by atoms with van der Waals surface area (Å²) in [6.07, 6.45) is 9.95. The molecule has 0 aromatic heterocycles. The maximum absolute atomic E-state index is 12.6. The second-order valence-corrected chi connectivity index (χ2v) is 7.26. The number of hydrogen-bond acceptors (Lipinski definition) is 3. The van der Waals surface area contributed by atoms with Gasteiger partial charge in [0.1, 0.15) is 0 Å². The fourth-order valence-electron chi connectivity index (χ4n) is 4.69. The summed E-state index contributed by atoms with van der Waals surface area (Å²) in [6.45, 7) is 5.27. The Bertz CT molecular complexity index is 355. The summed E-state index contributed by atoms with van der Waals surface area (Å²) in [4.78, 5) is 15.0. The zero-order valence-electron chi connectivity index (χ0n) is 13.6. The number of amides is 1. The predicted molar refractivity (Wildman–Crippen MR) is 85.2 cm³/mol. The molecule has 2 aliphatic heterocycles. The molecule has 21 heavy (non-hydrogen) atoms. The number of fused-ring (bicyclic) bond motifs is 2. The summed E-state index contributed by atoms with van der Waals surface area (Å²) in [6, 6.07) is 2.40. The Balaban J connectivity index is 1.57. The van der Waals surface area contributed by atoms with Crippen molar-refractivity contribution in [2.45, 2.75) is 95.4 Å². The number of nitrogens with one attached hydrogen (secondary N) is 2. The van der Waals surface area contributed by atoms with Gasteiger partial charge in [-0.15, -0.1) is 0 Å². The normalized spacial score (nSPS) is 34.3. The molecule has 4 heteroatoms. The third kappa shape index (κ3) is 3.42. The average molecular weight is 293 g/mol. The van der Waals surface area contributed by atoms with Crippen LogP contribution in [0, 0.1) is 0 Å². The summed E-state index contributed by atoms with van der Waals surface area (Å²) in [5.41, 5.74) is 0. The second-order valence-electron chi connectivity index (χ2n) is 7.26. The van der Waals surface area contributed by atoms with Crippen LogP contribution in [0.25, 0.3) is 0 Å². The first kappa shape index (κ1) is 15.3. The smallest absolute Gasteiger partial charge is 0.237 e. The lowest BCUT2D eigenvalue weighted by molar-refractivity contribution is -0.127. The molecule has 1 amide bonds.